The van der Waals surface area contributed by atoms with Gasteiger partial charge in [-0.05, 0) is 42.8 Å². The molecule has 0 atom stereocenters. The van der Waals surface area contributed by atoms with Crippen LogP contribution in [0.2, 0.25) is 0 Å². The molecule has 100 valence electrons. The largest absolute Gasteiger partial charge is 0.457 e. The van der Waals surface area contributed by atoms with Gasteiger partial charge in [0.15, 0.2) is 0 Å². The second-order valence-corrected chi connectivity index (χ2v) is 4.60. The highest BCUT2D eigenvalue weighted by atomic mass is 16.5. The SMILES string of the molecule is Cc1ccc(Oc2cccc(C)c2-c2nn[nH]n2)cc1. The quantitative estimate of drug-likeness (QED) is 0.790. The average Bonchev–Trinajstić information content (AvgIpc) is 2.95. The molecule has 1 aromatic heterocycles. The number of tetrazole rings is 1. The normalized spacial score (nSPS) is 10.5. The van der Waals surface area contributed by atoms with Gasteiger partial charge < -0.3 is 4.74 Å². The van der Waals surface area contributed by atoms with Crippen LogP contribution in [0.25, 0.3) is 11.4 Å². The number of H-pyrrole nitrogens is 1. The van der Waals surface area contributed by atoms with Crippen LogP contribution in [-0.4, -0.2) is 20.6 Å². The van der Waals surface area contributed by atoms with Gasteiger partial charge in [0.2, 0.25) is 5.82 Å². The number of ether oxygens (including phenoxy) is 1. The molecule has 0 aliphatic carbocycles. The fourth-order valence-corrected chi connectivity index (χ4v) is 2.01. The number of nitrogens with zero attached hydrogens (tertiary/aromatic N) is 3. The molecule has 3 aromatic rings. The zero-order valence-electron chi connectivity index (χ0n) is 11.3. The van der Waals surface area contributed by atoms with Crippen LogP contribution in [0.4, 0.5) is 0 Å². The van der Waals surface area contributed by atoms with Crippen LogP contribution in [0, 0.1) is 13.8 Å². The van der Waals surface area contributed by atoms with Gasteiger partial charge in [0.1, 0.15) is 11.5 Å². The summed E-state index contributed by atoms with van der Waals surface area (Å²) in [7, 11) is 0. The smallest absolute Gasteiger partial charge is 0.208 e. The molecule has 2 aromatic carbocycles. The minimum Gasteiger partial charge on any atom is -0.457 e. The van der Waals surface area contributed by atoms with Crippen molar-refractivity contribution in [2.45, 2.75) is 13.8 Å². The molecule has 1 N–H and O–H groups in total. The van der Waals surface area contributed by atoms with Gasteiger partial charge in [0.25, 0.3) is 0 Å². The summed E-state index contributed by atoms with van der Waals surface area (Å²) >= 11 is 0. The molecule has 0 aliphatic rings. The molecule has 0 spiro atoms. The first-order chi connectivity index (χ1) is 9.74. The number of nitrogens with one attached hydrogen (secondary N) is 1. The van der Waals surface area contributed by atoms with Gasteiger partial charge >= 0.3 is 0 Å². The van der Waals surface area contributed by atoms with Gasteiger partial charge in [0.05, 0.1) is 5.56 Å². The molecule has 1 heterocycles. The lowest BCUT2D eigenvalue weighted by Gasteiger charge is -2.11. The van der Waals surface area contributed by atoms with E-state index in [1.54, 1.807) is 0 Å². The van der Waals surface area contributed by atoms with Crippen molar-refractivity contribution in [1.29, 1.82) is 0 Å². The van der Waals surface area contributed by atoms with Crippen molar-refractivity contribution in [3.05, 3.63) is 53.6 Å². The van der Waals surface area contributed by atoms with E-state index in [0.29, 0.717) is 5.82 Å². The molecule has 0 radical (unpaired) electrons. The molecular formula is C15H14N4O. The number of benzene rings is 2. The molecule has 5 nitrogen and oxygen atoms in total. The molecule has 0 saturated carbocycles. The lowest BCUT2D eigenvalue weighted by atomic mass is 10.1. The summed E-state index contributed by atoms with van der Waals surface area (Å²) in [5.74, 6) is 2.03. The van der Waals surface area contributed by atoms with E-state index >= 15 is 0 Å². The Balaban J connectivity index is 2.01. The lowest BCUT2D eigenvalue weighted by molar-refractivity contribution is 0.483. The van der Waals surface area contributed by atoms with Crippen molar-refractivity contribution in [2.24, 2.45) is 0 Å². The molecule has 0 fully saturated rings. The molecule has 0 unspecified atom stereocenters. The van der Waals surface area contributed by atoms with Crippen molar-refractivity contribution in [2.75, 3.05) is 0 Å². The monoisotopic (exact) mass is 266 g/mol. The first-order valence-electron chi connectivity index (χ1n) is 6.32. The Morgan fingerprint density at radius 3 is 2.50 bits per heavy atom. The van der Waals surface area contributed by atoms with E-state index in [4.69, 9.17) is 4.74 Å². The number of hydrogen-bond acceptors (Lipinski definition) is 4. The van der Waals surface area contributed by atoms with Crippen molar-refractivity contribution in [1.82, 2.24) is 20.6 Å². The van der Waals surface area contributed by atoms with Crippen LogP contribution >= 0.6 is 0 Å². The molecular weight excluding hydrogens is 252 g/mol. The topological polar surface area (TPSA) is 63.7 Å². The third kappa shape index (κ3) is 2.38. The lowest BCUT2D eigenvalue weighted by Crippen LogP contribution is -1.93. The first-order valence-corrected chi connectivity index (χ1v) is 6.32. The second kappa shape index (κ2) is 5.13. The molecule has 20 heavy (non-hydrogen) atoms. The molecule has 3 rings (SSSR count). The minimum absolute atomic E-state index is 0.533. The van der Waals surface area contributed by atoms with Crippen LogP contribution in [-0.2, 0) is 0 Å². The number of aromatic nitrogens is 4. The van der Waals surface area contributed by atoms with E-state index in [-0.39, 0.29) is 0 Å². The highest BCUT2D eigenvalue weighted by Gasteiger charge is 2.14. The minimum atomic E-state index is 0.533. The van der Waals surface area contributed by atoms with Crippen molar-refractivity contribution < 1.29 is 4.74 Å². The van der Waals surface area contributed by atoms with Crippen molar-refractivity contribution in [3.63, 3.8) is 0 Å². The fourth-order valence-electron chi connectivity index (χ4n) is 2.01. The predicted molar refractivity (Wildman–Crippen MR) is 75.6 cm³/mol. The Morgan fingerprint density at radius 2 is 1.80 bits per heavy atom. The van der Waals surface area contributed by atoms with Crippen LogP contribution in [0.1, 0.15) is 11.1 Å². The van der Waals surface area contributed by atoms with E-state index in [9.17, 15) is 0 Å². The highest BCUT2D eigenvalue weighted by Crippen LogP contribution is 2.33. The maximum absolute atomic E-state index is 5.95. The van der Waals surface area contributed by atoms with E-state index < -0.39 is 0 Å². The third-order valence-electron chi connectivity index (χ3n) is 3.05. The zero-order valence-corrected chi connectivity index (χ0v) is 11.3. The fraction of sp³-hybridized carbons (Fsp3) is 0.133. The van der Waals surface area contributed by atoms with E-state index in [2.05, 4.69) is 20.6 Å². The maximum atomic E-state index is 5.95. The van der Waals surface area contributed by atoms with Crippen molar-refractivity contribution >= 4 is 0 Å². The summed E-state index contributed by atoms with van der Waals surface area (Å²) in [5, 5.41) is 14.1. The highest BCUT2D eigenvalue weighted by molar-refractivity contribution is 5.68. The number of hydrogen-bond donors (Lipinski definition) is 1. The number of aryl methyl sites for hydroxylation is 2. The van der Waals surface area contributed by atoms with Crippen LogP contribution < -0.4 is 4.74 Å². The maximum Gasteiger partial charge on any atom is 0.208 e. The molecule has 0 aliphatic heterocycles. The summed E-state index contributed by atoms with van der Waals surface area (Å²) in [5.41, 5.74) is 3.08. The molecule has 0 amide bonds. The number of aromatic amines is 1. The van der Waals surface area contributed by atoms with Crippen LogP contribution in [0.3, 0.4) is 0 Å². The standard InChI is InChI=1S/C15H14N4O/c1-10-6-8-12(9-7-10)20-13-5-3-4-11(2)14(13)15-16-18-19-17-15/h3-9H,1-2H3,(H,16,17,18,19). The zero-order chi connectivity index (χ0) is 13.9. The summed E-state index contributed by atoms with van der Waals surface area (Å²) in [6, 6.07) is 13.8. The van der Waals surface area contributed by atoms with Gasteiger partial charge in [-0.1, -0.05) is 29.8 Å². The third-order valence-corrected chi connectivity index (χ3v) is 3.05. The molecule has 0 saturated heterocycles. The van der Waals surface area contributed by atoms with E-state index in [0.717, 1.165) is 22.6 Å². The van der Waals surface area contributed by atoms with Gasteiger partial charge in [-0.15, -0.1) is 10.2 Å². The van der Waals surface area contributed by atoms with Gasteiger partial charge in [-0.3, -0.25) is 0 Å². The second-order valence-electron chi connectivity index (χ2n) is 4.60. The van der Waals surface area contributed by atoms with Crippen molar-refractivity contribution in [3.8, 4) is 22.9 Å². The van der Waals surface area contributed by atoms with Gasteiger partial charge in [0, 0.05) is 0 Å². The Labute approximate surface area is 116 Å². The van der Waals surface area contributed by atoms with Crippen LogP contribution in [0.15, 0.2) is 42.5 Å². The number of rotatable bonds is 3. The Hall–Kier alpha value is -2.69. The van der Waals surface area contributed by atoms with Gasteiger partial charge in [-0.2, -0.15) is 5.21 Å². The Kier molecular flexibility index (Phi) is 3.16. The molecule has 5 heteroatoms. The first kappa shape index (κ1) is 12.3. The summed E-state index contributed by atoms with van der Waals surface area (Å²) < 4.78 is 5.95. The Bertz CT molecular complexity index is 705. The predicted octanol–water partition coefficient (Wildman–Crippen LogP) is 3.28. The Morgan fingerprint density at radius 1 is 1.00 bits per heavy atom. The summed E-state index contributed by atoms with van der Waals surface area (Å²) in [4.78, 5) is 0. The van der Waals surface area contributed by atoms with E-state index in [1.165, 1.54) is 5.56 Å². The average molecular weight is 266 g/mol. The summed E-state index contributed by atoms with van der Waals surface area (Å²) in [6.07, 6.45) is 0. The van der Waals surface area contributed by atoms with E-state index in [1.807, 2.05) is 56.3 Å². The van der Waals surface area contributed by atoms with Crippen LogP contribution in [0.5, 0.6) is 11.5 Å². The summed E-state index contributed by atoms with van der Waals surface area (Å²) in [6.45, 7) is 4.04. The molecule has 0 bridgehead atoms. The van der Waals surface area contributed by atoms with Gasteiger partial charge in [-0.25, -0.2) is 0 Å².